The van der Waals surface area contributed by atoms with Gasteiger partial charge in [-0.2, -0.15) is 0 Å². The summed E-state index contributed by atoms with van der Waals surface area (Å²) in [7, 11) is 9.36. The third kappa shape index (κ3) is 4.52. The molecule has 0 saturated carbocycles. The minimum absolute atomic E-state index is 0.417. The first-order valence-corrected chi connectivity index (χ1v) is 12.3. The van der Waals surface area contributed by atoms with Crippen LogP contribution in [0.15, 0.2) is 78.9 Å². The average molecular weight is 511 g/mol. The van der Waals surface area contributed by atoms with Gasteiger partial charge in [0.25, 0.3) is 0 Å². The van der Waals surface area contributed by atoms with Gasteiger partial charge in [0.1, 0.15) is 5.75 Å². The van der Waals surface area contributed by atoms with Crippen LogP contribution >= 0.6 is 0 Å². The Bertz CT molecular complexity index is 1420. The summed E-state index contributed by atoms with van der Waals surface area (Å²) in [6, 6.07) is 23.8. The molecule has 1 aliphatic carbocycles. The predicted molar refractivity (Wildman–Crippen MR) is 148 cm³/mol. The largest absolute Gasteiger partial charge is 0.496 e. The fourth-order valence-electron chi connectivity index (χ4n) is 4.82. The van der Waals surface area contributed by atoms with Crippen LogP contribution < -0.4 is 14.5 Å². The zero-order valence-corrected chi connectivity index (χ0v) is 22.1. The molecule has 4 aromatic carbocycles. The minimum Gasteiger partial charge on any atom is -0.496 e. The minimum atomic E-state index is -0.813. The highest BCUT2D eigenvalue weighted by Crippen LogP contribution is 2.50. The third-order valence-electron chi connectivity index (χ3n) is 6.88. The lowest BCUT2D eigenvalue weighted by molar-refractivity contribution is -0.0345. The lowest BCUT2D eigenvalue weighted by atomic mass is 10.0. The number of hydrogen-bond acceptors (Lipinski definition) is 7. The number of rotatable bonds is 7. The van der Waals surface area contributed by atoms with Gasteiger partial charge in [0.05, 0.1) is 18.2 Å². The van der Waals surface area contributed by atoms with Crippen molar-refractivity contribution in [3.8, 4) is 5.75 Å². The summed E-state index contributed by atoms with van der Waals surface area (Å²) in [4.78, 5) is 30.5. The maximum Gasteiger partial charge on any atom is 0.338 e. The van der Waals surface area contributed by atoms with Crippen molar-refractivity contribution in [2.24, 2.45) is 0 Å². The SMILES string of the molecule is COc1ccc2c3c(cccc13)[C@H](OC(=O)c1ccc(N(C)C)cc1)[C@H]2OC(=O)c1ccc(N(C)C)cc1. The van der Waals surface area contributed by atoms with E-state index in [2.05, 4.69) is 0 Å². The molecule has 0 spiro atoms. The summed E-state index contributed by atoms with van der Waals surface area (Å²) < 4.78 is 17.7. The summed E-state index contributed by atoms with van der Waals surface area (Å²) in [5.41, 5.74) is 4.32. The molecule has 0 fully saturated rings. The van der Waals surface area contributed by atoms with Gasteiger partial charge in [-0.05, 0) is 60.0 Å². The van der Waals surface area contributed by atoms with Crippen LogP contribution in [0.1, 0.15) is 44.1 Å². The van der Waals surface area contributed by atoms with Gasteiger partial charge in [0.15, 0.2) is 12.2 Å². The number of nitrogens with zero attached hydrogens (tertiary/aromatic N) is 2. The van der Waals surface area contributed by atoms with E-state index < -0.39 is 24.1 Å². The molecule has 7 nitrogen and oxygen atoms in total. The van der Waals surface area contributed by atoms with Crippen molar-refractivity contribution in [2.45, 2.75) is 12.2 Å². The molecule has 1 aliphatic rings. The molecule has 7 heteroatoms. The van der Waals surface area contributed by atoms with Crippen LogP contribution in [0.4, 0.5) is 11.4 Å². The van der Waals surface area contributed by atoms with E-state index in [1.54, 1.807) is 31.4 Å². The maximum atomic E-state index is 13.3. The number of ether oxygens (including phenoxy) is 3. The number of carbonyl (C=O) groups excluding carboxylic acids is 2. The number of esters is 2. The van der Waals surface area contributed by atoms with Crippen LogP contribution in [0, 0.1) is 0 Å². The molecule has 4 aromatic rings. The Kier molecular flexibility index (Phi) is 6.68. The average Bonchev–Trinajstić information content (AvgIpc) is 3.22. The zero-order chi connectivity index (χ0) is 27.0. The predicted octanol–water partition coefficient (Wildman–Crippen LogP) is 5.79. The number of anilines is 2. The van der Waals surface area contributed by atoms with Crippen LogP contribution in [0.25, 0.3) is 10.8 Å². The normalized spacial score (nSPS) is 15.7. The Morgan fingerprint density at radius 3 is 1.55 bits per heavy atom. The summed E-state index contributed by atoms with van der Waals surface area (Å²) >= 11 is 0. The summed E-state index contributed by atoms with van der Waals surface area (Å²) in [6.07, 6.45) is -1.63. The molecule has 2 atom stereocenters. The van der Waals surface area contributed by atoms with E-state index in [-0.39, 0.29) is 0 Å². The van der Waals surface area contributed by atoms with Gasteiger partial charge in [-0.3, -0.25) is 0 Å². The van der Waals surface area contributed by atoms with E-state index >= 15 is 0 Å². The topological polar surface area (TPSA) is 68.3 Å². The van der Waals surface area contributed by atoms with Crippen molar-refractivity contribution in [2.75, 3.05) is 45.1 Å². The second kappa shape index (κ2) is 10.1. The van der Waals surface area contributed by atoms with E-state index in [1.807, 2.05) is 92.6 Å². The third-order valence-corrected chi connectivity index (χ3v) is 6.88. The molecule has 5 rings (SSSR count). The van der Waals surface area contributed by atoms with Crippen molar-refractivity contribution in [1.82, 2.24) is 0 Å². The van der Waals surface area contributed by atoms with Gasteiger partial charge in [-0.1, -0.05) is 24.3 Å². The first-order chi connectivity index (χ1) is 18.3. The van der Waals surface area contributed by atoms with Crippen LogP contribution in [-0.2, 0) is 9.47 Å². The Morgan fingerprint density at radius 1 is 0.632 bits per heavy atom. The van der Waals surface area contributed by atoms with Crippen LogP contribution in [0.5, 0.6) is 5.75 Å². The van der Waals surface area contributed by atoms with Gasteiger partial charge < -0.3 is 24.0 Å². The molecule has 0 saturated heterocycles. The number of hydrogen-bond donors (Lipinski definition) is 0. The molecule has 0 unspecified atom stereocenters. The van der Waals surface area contributed by atoms with Crippen molar-refractivity contribution >= 4 is 34.1 Å². The van der Waals surface area contributed by atoms with Crippen molar-refractivity contribution in [1.29, 1.82) is 0 Å². The molecule has 0 radical (unpaired) electrons. The highest BCUT2D eigenvalue weighted by molar-refractivity contribution is 5.98. The number of carbonyl (C=O) groups is 2. The Morgan fingerprint density at radius 2 is 1.11 bits per heavy atom. The van der Waals surface area contributed by atoms with Gasteiger partial charge in [0.2, 0.25) is 0 Å². The molecule has 0 N–H and O–H groups in total. The highest BCUT2D eigenvalue weighted by atomic mass is 16.6. The Hall–Kier alpha value is -4.52. The molecular weight excluding hydrogens is 480 g/mol. The van der Waals surface area contributed by atoms with Crippen LogP contribution in [0.3, 0.4) is 0 Å². The van der Waals surface area contributed by atoms with E-state index in [4.69, 9.17) is 14.2 Å². The standard InChI is InChI=1S/C31H30N2O5/c1-32(2)21-13-9-19(10-14-21)30(34)37-28-24-8-6-7-23-26(36-5)18-17-25(27(23)24)29(28)38-31(35)20-11-15-22(16-12-20)33(3)4/h6-18,28-29H,1-5H3/t28-,29-/m0/s1. The van der Waals surface area contributed by atoms with E-state index in [0.29, 0.717) is 16.9 Å². The molecular formula is C31H30N2O5. The first kappa shape index (κ1) is 25.1. The monoisotopic (exact) mass is 510 g/mol. The zero-order valence-electron chi connectivity index (χ0n) is 22.1. The van der Waals surface area contributed by atoms with Crippen molar-refractivity contribution < 1.29 is 23.8 Å². The molecule has 0 bridgehead atoms. The van der Waals surface area contributed by atoms with Crippen molar-refractivity contribution in [3.63, 3.8) is 0 Å². The fourth-order valence-corrected chi connectivity index (χ4v) is 4.82. The Balaban J connectivity index is 1.50. The molecule has 0 heterocycles. The maximum absolute atomic E-state index is 13.3. The van der Waals surface area contributed by atoms with Gasteiger partial charge in [-0.15, -0.1) is 0 Å². The summed E-state index contributed by atoms with van der Waals surface area (Å²) in [5.74, 6) is -0.289. The number of methoxy groups -OCH3 is 1. The lowest BCUT2D eigenvalue weighted by Crippen LogP contribution is -2.20. The lowest BCUT2D eigenvalue weighted by Gasteiger charge is -2.23. The molecule has 0 aromatic heterocycles. The van der Waals surface area contributed by atoms with Gasteiger partial charge >= 0.3 is 11.9 Å². The smallest absolute Gasteiger partial charge is 0.338 e. The molecule has 194 valence electrons. The summed E-state index contributed by atoms with van der Waals surface area (Å²) in [5, 5.41) is 1.74. The van der Waals surface area contributed by atoms with Crippen LogP contribution in [-0.4, -0.2) is 47.2 Å². The highest BCUT2D eigenvalue weighted by Gasteiger charge is 2.41. The van der Waals surface area contributed by atoms with E-state index in [1.165, 1.54) is 0 Å². The molecule has 38 heavy (non-hydrogen) atoms. The molecule has 0 amide bonds. The quantitative estimate of drug-likeness (QED) is 0.292. The second-order valence-corrected chi connectivity index (χ2v) is 9.66. The number of benzene rings is 4. The molecule has 0 aliphatic heterocycles. The Labute approximate surface area is 222 Å². The second-order valence-electron chi connectivity index (χ2n) is 9.66. The van der Waals surface area contributed by atoms with E-state index in [0.717, 1.165) is 33.3 Å². The van der Waals surface area contributed by atoms with Gasteiger partial charge in [-0.25, -0.2) is 9.59 Å². The van der Waals surface area contributed by atoms with Gasteiger partial charge in [0, 0.05) is 56.1 Å². The van der Waals surface area contributed by atoms with Crippen molar-refractivity contribution in [3.05, 3.63) is 101 Å². The first-order valence-electron chi connectivity index (χ1n) is 12.3. The summed E-state index contributed by atoms with van der Waals surface area (Å²) in [6.45, 7) is 0. The fraction of sp³-hybridized carbons (Fsp3) is 0.226. The van der Waals surface area contributed by atoms with E-state index in [9.17, 15) is 9.59 Å². The van der Waals surface area contributed by atoms with Crippen LogP contribution in [0.2, 0.25) is 0 Å².